The van der Waals surface area contributed by atoms with Crippen molar-refractivity contribution in [3.05, 3.63) is 23.2 Å². The molecule has 20 heavy (non-hydrogen) atoms. The predicted molar refractivity (Wildman–Crippen MR) is 74.2 cm³/mol. The van der Waals surface area contributed by atoms with E-state index in [0.717, 1.165) is 0 Å². The number of methoxy groups -OCH3 is 3. The van der Waals surface area contributed by atoms with E-state index in [2.05, 4.69) is 4.98 Å². The molecule has 0 aliphatic heterocycles. The highest BCUT2D eigenvalue weighted by Crippen LogP contribution is 2.40. The van der Waals surface area contributed by atoms with Crippen LogP contribution >= 0.6 is 11.3 Å². The molecule has 1 aromatic carbocycles. The number of carboxylic acids is 1. The van der Waals surface area contributed by atoms with Crippen molar-refractivity contribution in [2.24, 2.45) is 0 Å². The number of thiazole rings is 1. The van der Waals surface area contributed by atoms with Crippen molar-refractivity contribution in [3.63, 3.8) is 0 Å². The summed E-state index contributed by atoms with van der Waals surface area (Å²) in [4.78, 5) is 15.0. The maximum Gasteiger partial charge on any atom is 0.355 e. The Kier molecular flexibility index (Phi) is 4.09. The Hall–Kier alpha value is -2.28. The van der Waals surface area contributed by atoms with E-state index in [4.69, 9.17) is 19.3 Å². The summed E-state index contributed by atoms with van der Waals surface area (Å²) in [5, 5.41) is 10.9. The van der Waals surface area contributed by atoms with Gasteiger partial charge in [-0.1, -0.05) is 0 Å². The van der Waals surface area contributed by atoms with Gasteiger partial charge in [0.2, 0.25) is 0 Å². The molecule has 1 aromatic heterocycles. The van der Waals surface area contributed by atoms with Gasteiger partial charge in [-0.3, -0.25) is 0 Å². The molecule has 1 N–H and O–H groups in total. The highest BCUT2D eigenvalue weighted by molar-refractivity contribution is 7.13. The molecule has 0 spiro atoms. The summed E-state index contributed by atoms with van der Waals surface area (Å²) in [7, 11) is 4.58. The van der Waals surface area contributed by atoms with E-state index in [0.29, 0.717) is 27.8 Å². The van der Waals surface area contributed by atoms with E-state index >= 15 is 0 Å². The van der Waals surface area contributed by atoms with Crippen LogP contribution in [0.2, 0.25) is 0 Å². The van der Waals surface area contributed by atoms with Crippen molar-refractivity contribution < 1.29 is 24.1 Å². The number of nitrogens with zero attached hydrogens (tertiary/aromatic N) is 1. The second kappa shape index (κ2) is 5.79. The molecule has 7 heteroatoms. The number of carbonyl (C=O) groups is 1. The van der Waals surface area contributed by atoms with Gasteiger partial charge in [-0.2, -0.15) is 0 Å². The summed E-state index contributed by atoms with van der Waals surface area (Å²) >= 11 is 1.22. The molecule has 1 heterocycles. The normalized spacial score (nSPS) is 10.2. The molecular weight excluding hydrogens is 282 g/mol. The van der Waals surface area contributed by atoms with Crippen LogP contribution in [0.15, 0.2) is 17.5 Å². The van der Waals surface area contributed by atoms with E-state index in [1.165, 1.54) is 38.0 Å². The molecule has 0 aliphatic rings. The molecule has 6 nitrogen and oxygen atoms in total. The van der Waals surface area contributed by atoms with Crippen LogP contribution in [-0.2, 0) is 0 Å². The Morgan fingerprint density at radius 1 is 1.10 bits per heavy atom. The second-order valence-electron chi connectivity index (χ2n) is 3.75. The molecule has 2 aromatic rings. The molecule has 0 amide bonds. The van der Waals surface area contributed by atoms with E-state index < -0.39 is 5.97 Å². The minimum absolute atomic E-state index is 0.00170. The number of benzene rings is 1. The topological polar surface area (TPSA) is 77.9 Å². The van der Waals surface area contributed by atoms with E-state index in [1.807, 2.05) is 0 Å². The highest BCUT2D eigenvalue weighted by atomic mass is 32.1. The number of carboxylic acid groups (broad SMARTS) is 1. The van der Waals surface area contributed by atoms with Gasteiger partial charge in [0.15, 0.2) is 17.2 Å². The van der Waals surface area contributed by atoms with Crippen LogP contribution in [0.5, 0.6) is 17.2 Å². The summed E-state index contributed by atoms with van der Waals surface area (Å²) in [6.07, 6.45) is 0. The molecule has 0 unspecified atom stereocenters. The van der Waals surface area contributed by atoms with Crippen molar-refractivity contribution in [2.75, 3.05) is 21.3 Å². The lowest BCUT2D eigenvalue weighted by molar-refractivity contribution is 0.0691. The maximum absolute atomic E-state index is 10.9. The first-order chi connectivity index (χ1) is 9.60. The van der Waals surface area contributed by atoms with Crippen molar-refractivity contribution in [1.82, 2.24) is 4.98 Å². The van der Waals surface area contributed by atoms with Crippen molar-refractivity contribution >= 4 is 17.3 Å². The van der Waals surface area contributed by atoms with Gasteiger partial charge in [0, 0.05) is 11.4 Å². The first-order valence-corrected chi connectivity index (χ1v) is 6.47. The van der Waals surface area contributed by atoms with Gasteiger partial charge >= 0.3 is 5.97 Å². The van der Waals surface area contributed by atoms with Gasteiger partial charge in [-0.05, 0) is 6.07 Å². The molecular formula is C13H13NO5S. The lowest BCUT2D eigenvalue weighted by atomic mass is 10.2. The monoisotopic (exact) mass is 295 g/mol. The lowest BCUT2D eigenvalue weighted by Crippen LogP contribution is -1.97. The minimum atomic E-state index is -1.06. The minimum Gasteiger partial charge on any atom is -0.496 e. The zero-order chi connectivity index (χ0) is 14.7. The van der Waals surface area contributed by atoms with Gasteiger partial charge in [0.1, 0.15) is 10.8 Å². The van der Waals surface area contributed by atoms with Gasteiger partial charge in [-0.25, -0.2) is 9.78 Å². The molecule has 0 radical (unpaired) electrons. The molecule has 0 bridgehead atoms. The van der Waals surface area contributed by atoms with Crippen LogP contribution < -0.4 is 14.2 Å². The van der Waals surface area contributed by atoms with Crippen LogP contribution in [0.4, 0.5) is 0 Å². The zero-order valence-electron chi connectivity index (χ0n) is 11.2. The number of aromatic carboxylic acids is 1. The molecule has 0 saturated carbocycles. The summed E-state index contributed by atoms with van der Waals surface area (Å²) in [5.41, 5.74) is 0.657. The molecule has 0 atom stereocenters. The number of rotatable bonds is 5. The third-order valence-corrected chi connectivity index (χ3v) is 3.53. The van der Waals surface area contributed by atoms with Crippen LogP contribution in [0, 0.1) is 0 Å². The number of aromatic nitrogens is 1. The predicted octanol–water partition coefficient (Wildman–Crippen LogP) is 2.53. The Bertz CT molecular complexity index is 638. The Labute approximate surface area is 119 Å². The smallest absolute Gasteiger partial charge is 0.355 e. The quantitative estimate of drug-likeness (QED) is 0.913. The van der Waals surface area contributed by atoms with Gasteiger partial charge < -0.3 is 19.3 Å². The Morgan fingerprint density at radius 3 is 2.20 bits per heavy atom. The molecule has 0 fully saturated rings. The third kappa shape index (κ3) is 2.53. The van der Waals surface area contributed by atoms with Crippen molar-refractivity contribution in [3.8, 4) is 27.8 Å². The fourth-order valence-electron chi connectivity index (χ4n) is 1.69. The fraction of sp³-hybridized carbons (Fsp3) is 0.231. The summed E-state index contributed by atoms with van der Waals surface area (Å²) in [5.74, 6) is 0.527. The molecule has 0 aliphatic carbocycles. The van der Waals surface area contributed by atoms with Gasteiger partial charge in [0.05, 0.1) is 26.9 Å². The third-order valence-electron chi connectivity index (χ3n) is 2.66. The summed E-state index contributed by atoms with van der Waals surface area (Å²) < 4.78 is 15.7. The number of hydrogen-bond donors (Lipinski definition) is 1. The van der Waals surface area contributed by atoms with Gasteiger partial charge in [0.25, 0.3) is 0 Å². The summed E-state index contributed by atoms with van der Waals surface area (Å²) in [6.45, 7) is 0. The largest absolute Gasteiger partial charge is 0.496 e. The molecule has 2 rings (SSSR count). The first kappa shape index (κ1) is 14.1. The first-order valence-electron chi connectivity index (χ1n) is 5.60. The fourth-order valence-corrected chi connectivity index (χ4v) is 2.51. The number of hydrogen-bond acceptors (Lipinski definition) is 6. The lowest BCUT2D eigenvalue weighted by Gasteiger charge is -2.12. The van der Waals surface area contributed by atoms with E-state index in [9.17, 15) is 4.79 Å². The standard InChI is InChI=1S/C13H13NO5S/c1-17-9-5-11(19-3)10(18-2)4-7(9)12-14-8(6-20-12)13(15)16/h4-6H,1-3H3,(H,15,16). The van der Waals surface area contributed by atoms with Crippen LogP contribution in [0.3, 0.4) is 0 Å². The average Bonchev–Trinajstić information content (AvgIpc) is 2.95. The summed E-state index contributed by atoms with van der Waals surface area (Å²) in [6, 6.07) is 3.39. The Balaban J connectivity index is 2.56. The van der Waals surface area contributed by atoms with Crippen LogP contribution in [0.25, 0.3) is 10.6 Å². The number of ether oxygens (including phenoxy) is 3. The Morgan fingerprint density at radius 2 is 1.70 bits per heavy atom. The van der Waals surface area contributed by atoms with Gasteiger partial charge in [-0.15, -0.1) is 11.3 Å². The van der Waals surface area contributed by atoms with E-state index in [1.54, 1.807) is 12.1 Å². The zero-order valence-corrected chi connectivity index (χ0v) is 12.0. The average molecular weight is 295 g/mol. The van der Waals surface area contributed by atoms with Crippen LogP contribution in [-0.4, -0.2) is 37.4 Å². The second-order valence-corrected chi connectivity index (χ2v) is 4.61. The van der Waals surface area contributed by atoms with Crippen molar-refractivity contribution in [2.45, 2.75) is 0 Å². The highest BCUT2D eigenvalue weighted by Gasteiger charge is 2.17. The van der Waals surface area contributed by atoms with E-state index in [-0.39, 0.29) is 5.69 Å². The maximum atomic E-state index is 10.9. The SMILES string of the molecule is COc1cc(OC)c(-c2nc(C(=O)O)cs2)cc1OC. The van der Waals surface area contributed by atoms with Crippen LogP contribution in [0.1, 0.15) is 10.5 Å². The molecule has 0 saturated heterocycles. The molecule has 106 valence electrons. The van der Waals surface area contributed by atoms with Crippen molar-refractivity contribution in [1.29, 1.82) is 0 Å².